The maximum atomic E-state index is 12.8. The molecule has 28 heavy (non-hydrogen) atoms. The zero-order valence-corrected chi connectivity index (χ0v) is 15.8. The van der Waals surface area contributed by atoms with Crippen molar-refractivity contribution in [1.29, 1.82) is 0 Å². The molecule has 0 radical (unpaired) electrons. The van der Waals surface area contributed by atoms with Crippen molar-refractivity contribution >= 4 is 5.97 Å². The van der Waals surface area contributed by atoms with Crippen molar-refractivity contribution in [2.75, 3.05) is 26.9 Å². The molecule has 3 rings (SSSR count). The van der Waals surface area contributed by atoms with Crippen LogP contribution in [0.2, 0.25) is 0 Å². The fraction of sp³-hybridized carbons (Fsp3) is 0.238. The molecule has 1 N–H and O–H groups in total. The van der Waals surface area contributed by atoms with E-state index in [0.717, 1.165) is 5.56 Å². The number of imidazole rings is 1. The summed E-state index contributed by atoms with van der Waals surface area (Å²) in [5, 5.41) is 0. The first-order chi connectivity index (χ1) is 13.7. The number of hydrogen-bond donors (Lipinski definition) is 1. The van der Waals surface area contributed by atoms with Gasteiger partial charge in [0.2, 0.25) is 0 Å². The number of aromatic nitrogens is 2. The van der Waals surface area contributed by atoms with Crippen LogP contribution in [0, 0.1) is 0 Å². The maximum Gasteiger partial charge on any atom is 0.357 e. The lowest BCUT2D eigenvalue weighted by atomic mass is 10.1. The number of ether oxygens (including phenoxy) is 3. The van der Waals surface area contributed by atoms with Crippen LogP contribution in [0.15, 0.2) is 59.4 Å². The first kappa shape index (κ1) is 19.4. The SMILES string of the molecule is CCOC(=O)c1[nH]c(=O)n(-c2cccc(OCCOC)c2)c1-c1ccccc1. The number of H-pyrrole nitrogens is 1. The second-order valence-corrected chi connectivity index (χ2v) is 5.91. The highest BCUT2D eigenvalue weighted by Crippen LogP contribution is 2.26. The molecule has 0 atom stereocenters. The fourth-order valence-electron chi connectivity index (χ4n) is 2.86. The number of benzene rings is 2. The van der Waals surface area contributed by atoms with Gasteiger partial charge in [-0.25, -0.2) is 9.59 Å². The van der Waals surface area contributed by atoms with Crippen LogP contribution in [0.25, 0.3) is 16.9 Å². The van der Waals surface area contributed by atoms with E-state index in [1.54, 1.807) is 38.3 Å². The summed E-state index contributed by atoms with van der Waals surface area (Å²) in [4.78, 5) is 27.8. The van der Waals surface area contributed by atoms with Crippen LogP contribution in [0.4, 0.5) is 0 Å². The molecule has 2 aromatic carbocycles. The van der Waals surface area contributed by atoms with E-state index in [4.69, 9.17) is 14.2 Å². The normalized spacial score (nSPS) is 10.6. The second kappa shape index (κ2) is 9.05. The van der Waals surface area contributed by atoms with E-state index < -0.39 is 11.7 Å². The van der Waals surface area contributed by atoms with Crippen molar-refractivity contribution in [3.63, 3.8) is 0 Å². The van der Waals surface area contributed by atoms with Gasteiger partial charge in [0.05, 0.1) is 24.6 Å². The highest BCUT2D eigenvalue weighted by Gasteiger charge is 2.23. The third-order valence-electron chi connectivity index (χ3n) is 4.05. The summed E-state index contributed by atoms with van der Waals surface area (Å²) in [5.41, 5.74) is 1.41. The number of esters is 1. The van der Waals surface area contributed by atoms with Gasteiger partial charge in [-0.1, -0.05) is 36.4 Å². The smallest absolute Gasteiger partial charge is 0.357 e. The lowest BCUT2D eigenvalue weighted by molar-refractivity contribution is 0.0521. The number of carbonyl (C=O) groups excluding carboxylic acids is 1. The molecule has 146 valence electrons. The second-order valence-electron chi connectivity index (χ2n) is 5.91. The molecule has 0 aliphatic heterocycles. The number of hydrogen-bond acceptors (Lipinski definition) is 5. The Morgan fingerprint density at radius 1 is 1.07 bits per heavy atom. The van der Waals surface area contributed by atoms with Gasteiger partial charge in [0, 0.05) is 18.7 Å². The first-order valence-corrected chi connectivity index (χ1v) is 8.95. The molecule has 0 amide bonds. The fourth-order valence-corrected chi connectivity index (χ4v) is 2.86. The summed E-state index contributed by atoms with van der Waals surface area (Å²) in [6.45, 7) is 2.78. The van der Waals surface area contributed by atoms with Crippen molar-refractivity contribution in [2.45, 2.75) is 6.92 Å². The van der Waals surface area contributed by atoms with Gasteiger partial charge in [0.15, 0.2) is 5.69 Å². The molecule has 1 heterocycles. The zero-order valence-electron chi connectivity index (χ0n) is 15.8. The van der Waals surface area contributed by atoms with E-state index >= 15 is 0 Å². The molecule has 7 nitrogen and oxygen atoms in total. The lowest BCUT2D eigenvalue weighted by Crippen LogP contribution is -2.16. The molecular weight excluding hydrogens is 360 g/mol. The van der Waals surface area contributed by atoms with Crippen molar-refractivity contribution in [3.8, 4) is 22.7 Å². The predicted molar refractivity (Wildman–Crippen MR) is 105 cm³/mol. The highest BCUT2D eigenvalue weighted by atomic mass is 16.5. The number of carbonyl (C=O) groups is 1. The van der Waals surface area contributed by atoms with Crippen LogP contribution in [-0.2, 0) is 9.47 Å². The van der Waals surface area contributed by atoms with Crippen molar-refractivity contribution in [1.82, 2.24) is 9.55 Å². The quantitative estimate of drug-likeness (QED) is 0.478. The van der Waals surface area contributed by atoms with Crippen molar-refractivity contribution < 1.29 is 19.0 Å². The Balaban J connectivity index is 2.12. The topological polar surface area (TPSA) is 82.6 Å². The summed E-state index contributed by atoms with van der Waals surface area (Å²) >= 11 is 0. The molecule has 0 fully saturated rings. The largest absolute Gasteiger partial charge is 0.491 e. The summed E-state index contributed by atoms with van der Waals surface area (Å²) in [5.74, 6) is 0.0176. The Kier molecular flexibility index (Phi) is 6.29. The van der Waals surface area contributed by atoms with E-state index in [-0.39, 0.29) is 12.3 Å². The standard InChI is InChI=1S/C21H22N2O5/c1-3-27-20(24)18-19(15-8-5-4-6-9-15)23(21(25)22-18)16-10-7-11-17(14-16)28-13-12-26-2/h4-11,14H,3,12-13H2,1-2H3,(H,22,25). The Hall–Kier alpha value is -3.32. The van der Waals surface area contributed by atoms with Gasteiger partial charge in [0.1, 0.15) is 12.4 Å². The van der Waals surface area contributed by atoms with Gasteiger partial charge in [-0.3, -0.25) is 9.55 Å². The number of aromatic amines is 1. The lowest BCUT2D eigenvalue weighted by Gasteiger charge is -2.11. The highest BCUT2D eigenvalue weighted by molar-refractivity contribution is 5.94. The van der Waals surface area contributed by atoms with Gasteiger partial charge in [-0.15, -0.1) is 0 Å². The summed E-state index contributed by atoms with van der Waals surface area (Å²) in [7, 11) is 1.60. The van der Waals surface area contributed by atoms with Gasteiger partial charge >= 0.3 is 11.7 Å². The third-order valence-corrected chi connectivity index (χ3v) is 4.05. The van der Waals surface area contributed by atoms with Crippen LogP contribution in [0.3, 0.4) is 0 Å². The van der Waals surface area contributed by atoms with Crippen LogP contribution >= 0.6 is 0 Å². The Bertz CT molecular complexity index is 992. The molecule has 0 spiro atoms. The molecule has 0 saturated carbocycles. The first-order valence-electron chi connectivity index (χ1n) is 8.95. The van der Waals surface area contributed by atoms with Gasteiger partial charge in [-0.2, -0.15) is 0 Å². The van der Waals surface area contributed by atoms with Crippen molar-refractivity contribution in [3.05, 3.63) is 70.8 Å². The summed E-state index contributed by atoms with van der Waals surface area (Å²) < 4.78 is 17.2. The van der Waals surface area contributed by atoms with E-state index in [1.165, 1.54) is 4.57 Å². The Labute approximate surface area is 162 Å². The summed E-state index contributed by atoms with van der Waals surface area (Å²) in [6.07, 6.45) is 0. The van der Waals surface area contributed by atoms with Crippen LogP contribution in [0.1, 0.15) is 17.4 Å². The molecule has 0 aliphatic rings. The third kappa shape index (κ3) is 4.15. The minimum absolute atomic E-state index is 0.115. The number of rotatable bonds is 8. The molecule has 0 bridgehead atoms. The number of nitrogens with one attached hydrogen (secondary N) is 1. The van der Waals surface area contributed by atoms with Crippen LogP contribution in [-0.4, -0.2) is 42.5 Å². The molecule has 3 aromatic rings. The van der Waals surface area contributed by atoms with Crippen LogP contribution in [0.5, 0.6) is 5.75 Å². The molecule has 7 heteroatoms. The van der Waals surface area contributed by atoms with Crippen molar-refractivity contribution in [2.24, 2.45) is 0 Å². The van der Waals surface area contributed by atoms with Gasteiger partial charge < -0.3 is 14.2 Å². The molecular formula is C21H22N2O5. The molecule has 0 aliphatic carbocycles. The molecule has 0 unspecified atom stereocenters. The molecule has 1 aromatic heterocycles. The zero-order chi connectivity index (χ0) is 19.9. The minimum Gasteiger partial charge on any atom is -0.491 e. The van der Waals surface area contributed by atoms with Crippen LogP contribution < -0.4 is 10.4 Å². The van der Waals surface area contributed by atoms with E-state index in [0.29, 0.717) is 30.3 Å². The average molecular weight is 382 g/mol. The van der Waals surface area contributed by atoms with E-state index in [9.17, 15) is 9.59 Å². The average Bonchev–Trinajstić information content (AvgIpc) is 3.06. The van der Waals surface area contributed by atoms with E-state index in [1.807, 2.05) is 30.3 Å². The number of methoxy groups -OCH3 is 1. The monoisotopic (exact) mass is 382 g/mol. The van der Waals surface area contributed by atoms with Gasteiger partial charge in [0.25, 0.3) is 0 Å². The predicted octanol–water partition coefficient (Wildman–Crippen LogP) is 3.03. The Morgan fingerprint density at radius 3 is 2.57 bits per heavy atom. The molecule has 0 saturated heterocycles. The maximum absolute atomic E-state index is 12.8. The number of nitrogens with zero attached hydrogens (tertiary/aromatic N) is 1. The minimum atomic E-state index is -0.579. The Morgan fingerprint density at radius 2 is 1.86 bits per heavy atom. The summed E-state index contributed by atoms with van der Waals surface area (Å²) in [6, 6.07) is 16.3. The van der Waals surface area contributed by atoms with E-state index in [2.05, 4.69) is 4.98 Å². The van der Waals surface area contributed by atoms with Gasteiger partial charge in [-0.05, 0) is 19.1 Å².